The lowest BCUT2D eigenvalue weighted by atomic mass is 9.82. The molecule has 0 spiro atoms. The van der Waals surface area contributed by atoms with Crippen molar-refractivity contribution in [3.63, 3.8) is 0 Å². The van der Waals surface area contributed by atoms with E-state index in [2.05, 4.69) is 4.90 Å². The summed E-state index contributed by atoms with van der Waals surface area (Å²) >= 11 is 0. The molecule has 0 N–H and O–H groups in total. The van der Waals surface area contributed by atoms with E-state index in [4.69, 9.17) is 0 Å². The van der Waals surface area contributed by atoms with Crippen molar-refractivity contribution < 1.29 is 4.79 Å². The second-order valence-electron chi connectivity index (χ2n) is 3.91. The molecule has 4 rings (SSSR count). The average molecular weight is 137 g/mol. The summed E-state index contributed by atoms with van der Waals surface area (Å²) in [5, 5.41) is 0. The zero-order chi connectivity index (χ0) is 6.72. The molecular formula is C8H11NO. The first-order chi connectivity index (χ1) is 4.84. The number of rotatable bonds is 0. The Hall–Kier alpha value is -0.370. The molecule has 4 atom stereocenters. The molecule has 0 amide bonds. The van der Waals surface area contributed by atoms with Gasteiger partial charge in [0.15, 0.2) is 5.78 Å². The number of nitrogens with zero attached hydrogens (tertiary/aromatic N) is 1. The molecule has 3 aliphatic heterocycles. The van der Waals surface area contributed by atoms with Gasteiger partial charge in [0.25, 0.3) is 0 Å². The molecule has 0 aromatic heterocycles. The Balaban J connectivity index is 2.06. The van der Waals surface area contributed by atoms with Gasteiger partial charge in [0, 0.05) is 19.0 Å². The first kappa shape index (κ1) is 5.30. The van der Waals surface area contributed by atoms with Gasteiger partial charge in [0.2, 0.25) is 0 Å². The summed E-state index contributed by atoms with van der Waals surface area (Å²) in [4.78, 5) is 13.8. The van der Waals surface area contributed by atoms with Gasteiger partial charge < -0.3 is 0 Å². The molecule has 1 saturated carbocycles. The Morgan fingerprint density at radius 1 is 1.30 bits per heavy atom. The lowest BCUT2D eigenvalue weighted by Gasteiger charge is -2.22. The van der Waals surface area contributed by atoms with E-state index in [1.54, 1.807) is 0 Å². The third kappa shape index (κ3) is 0.439. The van der Waals surface area contributed by atoms with Gasteiger partial charge in [-0.05, 0) is 18.8 Å². The number of Topliss-reactive ketones (excluding diaryl/α,β-unsaturated/α-hetero) is 1. The third-order valence-electron chi connectivity index (χ3n) is 3.29. The molecule has 3 unspecified atom stereocenters. The number of carbonyl (C=O) groups is 1. The van der Waals surface area contributed by atoms with Gasteiger partial charge in [-0.3, -0.25) is 9.69 Å². The zero-order valence-corrected chi connectivity index (χ0v) is 5.92. The first-order valence-corrected chi connectivity index (χ1v) is 4.12. The van der Waals surface area contributed by atoms with E-state index in [0.717, 1.165) is 12.5 Å². The Morgan fingerprint density at radius 3 is 2.90 bits per heavy atom. The lowest BCUT2D eigenvalue weighted by molar-refractivity contribution is -0.123. The fourth-order valence-corrected chi connectivity index (χ4v) is 2.91. The summed E-state index contributed by atoms with van der Waals surface area (Å²) in [6.45, 7) is 2.30. The molecule has 0 aromatic rings. The minimum absolute atomic E-state index is 0.365. The Bertz CT molecular complexity index is 197. The Morgan fingerprint density at radius 2 is 2.20 bits per heavy atom. The smallest absolute Gasteiger partial charge is 0.154 e. The maximum absolute atomic E-state index is 11.4. The topological polar surface area (TPSA) is 20.3 Å². The number of hydrogen-bond donors (Lipinski definition) is 0. The van der Waals surface area contributed by atoms with Gasteiger partial charge in [-0.15, -0.1) is 0 Å². The molecule has 2 heteroatoms. The summed E-state index contributed by atoms with van der Waals surface area (Å²) in [7, 11) is 0. The summed E-state index contributed by atoms with van der Waals surface area (Å²) < 4.78 is 0. The highest BCUT2D eigenvalue weighted by molar-refractivity contribution is 5.90. The van der Waals surface area contributed by atoms with Crippen molar-refractivity contribution in [2.75, 3.05) is 13.1 Å². The normalized spacial score (nSPS) is 56.6. The molecule has 2 nitrogen and oxygen atoms in total. The van der Waals surface area contributed by atoms with Gasteiger partial charge in [-0.1, -0.05) is 0 Å². The van der Waals surface area contributed by atoms with Crippen molar-refractivity contribution in [3.05, 3.63) is 0 Å². The maximum atomic E-state index is 11.4. The summed E-state index contributed by atoms with van der Waals surface area (Å²) in [5.74, 6) is 1.87. The minimum Gasteiger partial charge on any atom is -0.298 e. The van der Waals surface area contributed by atoms with Crippen LogP contribution >= 0.6 is 0 Å². The van der Waals surface area contributed by atoms with Crippen LogP contribution in [0.15, 0.2) is 0 Å². The van der Waals surface area contributed by atoms with Crippen LogP contribution in [0.5, 0.6) is 0 Å². The standard InChI is InChI=1S/C8H11NO/c10-8-6-1-5-2-7(8)9(3-5)4-6/h5-7H,1-4H2/t5?,6-,7?/m1/s1. The molecular weight excluding hydrogens is 126 g/mol. The van der Waals surface area contributed by atoms with Gasteiger partial charge in [-0.2, -0.15) is 0 Å². The summed E-state index contributed by atoms with van der Waals surface area (Å²) in [6.07, 6.45) is 2.38. The first-order valence-electron chi connectivity index (χ1n) is 4.12. The van der Waals surface area contributed by atoms with Crippen LogP contribution in [0, 0.1) is 11.8 Å². The molecule has 1 aliphatic carbocycles. The molecule has 3 saturated heterocycles. The molecule has 0 aromatic carbocycles. The SMILES string of the molecule is O=C1C2CC3C[C@@H]1CN2C3. The number of carbonyl (C=O) groups excluding carboxylic acids is 1. The Kier molecular flexibility index (Phi) is 0.768. The van der Waals surface area contributed by atoms with E-state index in [0.29, 0.717) is 17.7 Å². The van der Waals surface area contributed by atoms with E-state index in [1.807, 2.05) is 0 Å². The molecule has 4 fully saturated rings. The second kappa shape index (κ2) is 1.45. The number of hydrogen-bond acceptors (Lipinski definition) is 2. The molecule has 4 bridgehead atoms. The van der Waals surface area contributed by atoms with Crippen LogP contribution in [0.25, 0.3) is 0 Å². The van der Waals surface area contributed by atoms with E-state index in [1.165, 1.54) is 19.4 Å². The number of piperidine rings is 1. The van der Waals surface area contributed by atoms with E-state index in [-0.39, 0.29) is 0 Å². The van der Waals surface area contributed by atoms with Crippen molar-refractivity contribution in [2.45, 2.75) is 18.9 Å². The average Bonchev–Trinajstić information content (AvgIpc) is 2.31. The fourth-order valence-electron chi connectivity index (χ4n) is 2.91. The second-order valence-corrected chi connectivity index (χ2v) is 3.91. The maximum Gasteiger partial charge on any atom is 0.154 e. The van der Waals surface area contributed by atoms with Crippen molar-refractivity contribution in [1.29, 1.82) is 0 Å². The predicted octanol–water partition coefficient (Wildman–Crippen LogP) is 0.280. The highest BCUT2D eigenvalue weighted by atomic mass is 16.1. The van der Waals surface area contributed by atoms with Crippen LogP contribution in [0.4, 0.5) is 0 Å². The summed E-state index contributed by atoms with van der Waals surface area (Å²) in [5.41, 5.74) is 0. The lowest BCUT2D eigenvalue weighted by Crippen LogP contribution is -2.27. The third-order valence-corrected chi connectivity index (χ3v) is 3.29. The van der Waals surface area contributed by atoms with E-state index in [9.17, 15) is 4.79 Å². The van der Waals surface area contributed by atoms with Crippen LogP contribution in [0.3, 0.4) is 0 Å². The minimum atomic E-state index is 0.365. The molecule has 54 valence electrons. The monoisotopic (exact) mass is 137 g/mol. The molecule has 0 radical (unpaired) electrons. The predicted molar refractivity (Wildman–Crippen MR) is 36.6 cm³/mol. The van der Waals surface area contributed by atoms with Crippen molar-refractivity contribution in [1.82, 2.24) is 4.90 Å². The molecule has 10 heavy (non-hydrogen) atoms. The van der Waals surface area contributed by atoms with Gasteiger partial charge >= 0.3 is 0 Å². The van der Waals surface area contributed by atoms with Gasteiger partial charge in [0.05, 0.1) is 6.04 Å². The molecule has 3 heterocycles. The van der Waals surface area contributed by atoms with Crippen molar-refractivity contribution in [3.8, 4) is 0 Å². The highest BCUT2D eigenvalue weighted by Crippen LogP contribution is 2.42. The largest absolute Gasteiger partial charge is 0.298 e. The van der Waals surface area contributed by atoms with Gasteiger partial charge in [0.1, 0.15) is 0 Å². The van der Waals surface area contributed by atoms with Crippen LogP contribution in [-0.4, -0.2) is 29.8 Å². The van der Waals surface area contributed by atoms with Gasteiger partial charge in [-0.25, -0.2) is 0 Å². The zero-order valence-electron chi connectivity index (χ0n) is 5.92. The van der Waals surface area contributed by atoms with Crippen LogP contribution in [0.1, 0.15) is 12.8 Å². The number of ketones is 1. The van der Waals surface area contributed by atoms with E-state index < -0.39 is 0 Å². The van der Waals surface area contributed by atoms with Crippen molar-refractivity contribution in [2.24, 2.45) is 11.8 Å². The highest BCUT2D eigenvalue weighted by Gasteiger charge is 2.51. The quantitative estimate of drug-likeness (QED) is 0.478. The van der Waals surface area contributed by atoms with Crippen molar-refractivity contribution >= 4 is 5.78 Å². The fraction of sp³-hybridized carbons (Fsp3) is 0.875. The molecule has 4 aliphatic rings. The van der Waals surface area contributed by atoms with Crippen LogP contribution in [-0.2, 0) is 4.79 Å². The van der Waals surface area contributed by atoms with Crippen LogP contribution in [0.2, 0.25) is 0 Å². The summed E-state index contributed by atoms with van der Waals surface area (Å²) in [6, 6.07) is 0.365. The van der Waals surface area contributed by atoms with E-state index >= 15 is 0 Å². The van der Waals surface area contributed by atoms with Crippen LogP contribution < -0.4 is 0 Å². The Labute approximate surface area is 60.2 Å².